The first-order chi connectivity index (χ1) is 16.9. The number of piperidine rings is 1. The smallest absolute Gasteiger partial charge is 0.242 e. The van der Waals surface area contributed by atoms with Gasteiger partial charge >= 0.3 is 0 Å². The molecule has 0 aromatic heterocycles. The van der Waals surface area contributed by atoms with Crippen molar-refractivity contribution < 1.29 is 9.59 Å². The van der Waals surface area contributed by atoms with Crippen LogP contribution in [0, 0.1) is 23.7 Å². The van der Waals surface area contributed by atoms with Gasteiger partial charge in [0.15, 0.2) is 0 Å². The molecule has 2 rings (SSSR count). The zero-order valence-electron chi connectivity index (χ0n) is 23.2. The van der Waals surface area contributed by atoms with E-state index in [1.165, 1.54) is 45.2 Å². The summed E-state index contributed by atoms with van der Waals surface area (Å²) in [7, 11) is 0. The van der Waals surface area contributed by atoms with Crippen LogP contribution >= 0.6 is 0 Å². The van der Waals surface area contributed by atoms with Crippen LogP contribution in [0.3, 0.4) is 0 Å². The highest BCUT2D eigenvalue weighted by Gasteiger charge is 2.28. The minimum atomic E-state index is -0.394. The second-order valence-corrected chi connectivity index (χ2v) is 11.9. The van der Waals surface area contributed by atoms with E-state index in [4.69, 9.17) is 5.73 Å². The molecule has 0 spiro atoms. The Morgan fingerprint density at radius 1 is 0.829 bits per heavy atom. The van der Waals surface area contributed by atoms with Crippen LogP contribution in [-0.4, -0.2) is 55.5 Å². The molecule has 1 saturated carbocycles. The molecule has 1 aliphatic carbocycles. The van der Waals surface area contributed by atoms with E-state index in [-0.39, 0.29) is 17.7 Å². The van der Waals surface area contributed by atoms with Gasteiger partial charge in [0.25, 0.3) is 0 Å². The fourth-order valence-electron chi connectivity index (χ4n) is 6.07. The number of rotatable bonds is 16. The van der Waals surface area contributed by atoms with Crippen LogP contribution in [0.2, 0.25) is 0 Å². The maximum atomic E-state index is 13.1. The summed E-state index contributed by atoms with van der Waals surface area (Å²) in [6, 6.07) is -0.394. The predicted octanol–water partition coefficient (Wildman–Crippen LogP) is 4.86. The Kier molecular flexibility index (Phi) is 14.9. The summed E-state index contributed by atoms with van der Waals surface area (Å²) in [5.74, 6) is 2.41. The molecule has 3 atom stereocenters. The summed E-state index contributed by atoms with van der Waals surface area (Å²) >= 11 is 0. The van der Waals surface area contributed by atoms with Gasteiger partial charge < -0.3 is 21.3 Å². The van der Waals surface area contributed by atoms with Crippen molar-refractivity contribution >= 4 is 11.8 Å². The fourth-order valence-corrected chi connectivity index (χ4v) is 6.07. The number of likely N-dealkylation sites (tertiary alicyclic amines) is 1. The lowest BCUT2D eigenvalue weighted by molar-refractivity contribution is -0.132. The van der Waals surface area contributed by atoms with Gasteiger partial charge in [0.1, 0.15) is 6.04 Å². The second kappa shape index (κ2) is 17.3. The molecule has 2 amide bonds. The largest absolute Gasteiger partial charge is 0.354 e. The molecule has 6 heteroatoms. The molecule has 0 bridgehead atoms. The van der Waals surface area contributed by atoms with Crippen molar-refractivity contribution in [2.24, 2.45) is 29.4 Å². The highest BCUT2D eigenvalue weighted by Crippen LogP contribution is 2.28. The first kappa shape index (κ1) is 30.1. The number of amides is 2. The van der Waals surface area contributed by atoms with E-state index in [1.54, 1.807) is 0 Å². The first-order valence-electron chi connectivity index (χ1n) is 14.9. The molecule has 0 radical (unpaired) electrons. The molecule has 1 heterocycles. The minimum absolute atomic E-state index is 0.00542. The van der Waals surface area contributed by atoms with Crippen LogP contribution in [0.15, 0.2) is 0 Å². The van der Waals surface area contributed by atoms with Gasteiger partial charge in [-0.3, -0.25) is 9.59 Å². The first-order valence-corrected chi connectivity index (χ1v) is 14.9. The Bertz CT molecular complexity index is 581. The zero-order valence-corrected chi connectivity index (χ0v) is 23.2. The Morgan fingerprint density at radius 2 is 1.43 bits per heavy atom. The average Bonchev–Trinajstić information content (AvgIpc) is 2.82. The van der Waals surface area contributed by atoms with Crippen molar-refractivity contribution in [1.82, 2.24) is 15.5 Å². The van der Waals surface area contributed by atoms with E-state index in [0.29, 0.717) is 12.5 Å². The Hall–Kier alpha value is -1.14. The number of carbonyl (C=O) groups is 2. The van der Waals surface area contributed by atoms with E-state index >= 15 is 0 Å². The predicted molar refractivity (Wildman–Crippen MR) is 146 cm³/mol. The summed E-state index contributed by atoms with van der Waals surface area (Å²) in [5, 5.41) is 6.29. The highest BCUT2D eigenvalue weighted by molar-refractivity contribution is 5.88. The summed E-state index contributed by atoms with van der Waals surface area (Å²) < 4.78 is 0. The van der Waals surface area contributed by atoms with E-state index in [2.05, 4.69) is 36.3 Å². The number of unbranched alkanes of at least 4 members (excludes halogenated alkanes) is 6. The summed E-state index contributed by atoms with van der Waals surface area (Å²) in [5.41, 5.74) is 5.57. The van der Waals surface area contributed by atoms with Crippen LogP contribution in [0.1, 0.15) is 111 Å². The molecular weight excluding hydrogens is 436 g/mol. The number of carbonyl (C=O) groups excluding carboxylic acids is 2. The van der Waals surface area contributed by atoms with E-state index in [1.807, 2.05) is 0 Å². The molecular formula is C29H56N4O2. The Balaban J connectivity index is 1.74. The monoisotopic (exact) mass is 492 g/mol. The van der Waals surface area contributed by atoms with E-state index in [0.717, 1.165) is 82.7 Å². The maximum absolute atomic E-state index is 13.1. The number of hydrogen-bond donors (Lipinski definition) is 3. The number of nitrogens with zero attached hydrogens (tertiary/aromatic N) is 1. The van der Waals surface area contributed by atoms with Gasteiger partial charge in [-0.25, -0.2) is 0 Å². The standard InChI is InChI=1S/C29H56N4O2/c1-23-13-15-26(16-14-23)28(34)32-27(12-9-7-5-4-6-8-10-17-30)29(35)31-18-11-19-33-21-24(2)20-25(3)22-33/h23-27H,4-22,30H2,1-3H3,(H,31,35)(H,32,34). The minimum Gasteiger partial charge on any atom is -0.354 e. The van der Waals surface area contributed by atoms with Gasteiger partial charge in [0, 0.05) is 25.6 Å². The normalized spacial score (nSPS) is 26.3. The third kappa shape index (κ3) is 12.6. The van der Waals surface area contributed by atoms with Gasteiger partial charge in [0.05, 0.1) is 0 Å². The van der Waals surface area contributed by atoms with E-state index < -0.39 is 6.04 Å². The van der Waals surface area contributed by atoms with Crippen LogP contribution in [0.4, 0.5) is 0 Å². The van der Waals surface area contributed by atoms with Gasteiger partial charge in [-0.1, -0.05) is 59.3 Å². The highest BCUT2D eigenvalue weighted by atomic mass is 16.2. The molecule has 1 aliphatic heterocycles. The lowest BCUT2D eigenvalue weighted by atomic mass is 9.82. The van der Waals surface area contributed by atoms with Crippen LogP contribution in [0.5, 0.6) is 0 Å². The van der Waals surface area contributed by atoms with Crippen LogP contribution in [0.25, 0.3) is 0 Å². The number of hydrogen-bond acceptors (Lipinski definition) is 4. The zero-order chi connectivity index (χ0) is 25.5. The quantitative estimate of drug-likeness (QED) is 0.269. The number of nitrogens with two attached hydrogens (primary N) is 1. The third-order valence-electron chi connectivity index (χ3n) is 8.11. The third-order valence-corrected chi connectivity index (χ3v) is 8.11. The average molecular weight is 493 g/mol. The molecule has 0 aromatic rings. The lowest BCUT2D eigenvalue weighted by Crippen LogP contribution is -2.49. The molecule has 1 saturated heterocycles. The van der Waals surface area contributed by atoms with Crippen molar-refractivity contribution in [3.8, 4) is 0 Å². The molecule has 0 aromatic carbocycles. The molecule has 35 heavy (non-hydrogen) atoms. The van der Waals surface area contributed by atoms with E-state index in [9.17, 15) is 9.59 Å². The Labute approximate surface area is 215 Å². The topological polar surface area (TPSA) is 87.5 Å². The lowest BCUT2D eigenvalue weighted by Gasteiger charge is -2.35. The van der Waals surface area contributed by atoms with Gasteiger partial charge in [-0.15, -0.1) is 0 Å². The second-order valence-electron chi connectivity index (χ2n) is 11.9. The summed E-state index contributed by atoms with van der Waals surface area (Å²) in [6.07, 6.45) is 15.3. The van der Waals surface area contributed by atoms with Crippen LogP contribution in [-0.2, 0) is 9.59 Å². The van der Waals surface area contributed by atoms with Crippen molar-refractivity contribution in [1.29, 1.82) is 0 Å². The van der Waals surface area contributed by atoms with Crippen molar-refractivity contribution in [2.75, 3.05) is 32.7 Å². The van der Waals surface area contributed by atoms with Crippen molar-refractivity contribution in [3.63, 3.8) is 0 Å². The molecule has 2 aliphatic rings. The maximum Gasteiger partial charge on any atom is 0.242 e. The molecule has 204 valence electrons. The molecule has 6 nitrogen and oxygen atoms in total. The SMILES string of the molecule is CC1CCC(C(=O)NC(CCCCCCCCCN)C(=O)NCCCN2CC(C)CC(C)C2)CC1. The molecule has 4 N–H and O–H groups in total. The van der Waals surface area contributed by atoms with Gasteiger partial charge in [-0.2, -0.15) is 0 Å². The number of nitrogens with one attached hydrogen (secondary N) is 2. The van der Waals surface area contributed by atoms with Gasteiger partial charge in [-0.05, 0) is 82.2 Å². The molecule has 2 fully saturated rings. The summed E-state index contributed by atoms with van der Waals surface area (Å²) in [6.45, 7) is 11.8. The van der Waals surface area contributed by atoms with Crippen LogP contribution < -0.4 is 16.4 Å². The van der Waals surface area contributed by atoms with Crippen molar-refractivity contribution in [2.45, 2.75) is 117 Å². The van der Waals surface area contributed by atoms with Gasteiger partial charge in [0.2, 0.25) is 11.8 Å². The summed E-state index contributed by atoms with van der Waals surface area (Å²) in [4.78, 5) is 28.5. The van der Waals surface area contributed by atoms with Crippen molar-refractivity contribution in [3.05, 3.63) is 0 Å². The molecule has 3 unspecified atom stereocenters. The fraction of sp³-hybridized carbons (Fsp3) is 0.931. The Morgan fingerprint density at radius 3 is 2.06 bits per heavy atom.